The standard InChI is InChI=1S/C11H11ClO3/c1-7(12)11(13)8-2-3-9-10(6-8)15-5-4-14-9/h2-3,6-7H,4-5H2,1H3/t7-/m0/s1. The van der Waals surface area contributed by atoms with Crippen LogP contribution in [0.5, 0.6) is 11.5 Å². The van der Waals surface area contributed by atoms with Gasteiger partial charge in [-0.25, -0.2) is 0 Å². The number of ketones is 1. The van der Waals surface area contributed by atoms with Gasteiger partial charge in [0.05, 0.1) is 5.38 Å². The van der Waals surface area contributed by atoms with E-state index in [1.807, 2.05) is 0 Å². The third kappa shape index (κ3) is 2.07. The van der Waals surface area contributed by atoms with Gasteiger partial charge in [-0.15, -0.1) is 11.6 Å². The van der Waals surface area contributed by atoms with E-state index in [2.05, 4.69) is 0 Å². The molecule has 0 spiro atoms. The summed E-state index contributed by atoms with van der Waals surface area (Å²) < 4.78 is 10.7. The van der Waals surface area contributed by atoms with Crippen LogP contribution in [0.3, 0.4) is 0 Å². The van der Waals surface area contributed by atoms with Gasteiger partial charge in [-0.05, 0) is 25.1 Å². The molecule has 0 saturated carbocycles. The summed E-state index contributed by atoms with van der Waals surface area (Å²) in [5, 5.41) is -0.521. The third-order valence-corrected chi connectivity index (χ3v) is 2.39. The Morgan fingerprint density at radius 1 is 1.33 bits per heavy atom. The highest BCUT2D eigenvalue weighted by molar-refractivity contribution is 6.33. The van der Waals surface area contributed by atoms with Crippen molar-refractivity contribution in [2.45, 2.75) is 12.3 Å². The lowest BCUT2D eigenvalue weighted by atomic mass is 10.1. The van der Waals surface area contributed by atoms with Gasteiger partial charge in [0.1, 0.15) is 13.2 Å². The Kier molecular flexibility index (Phi) is 2.82. The quantitative estimate of drug-likeness (QED) is 0.573. The number of fused-ring (bicyclic) bond motifs is 1. The van der Waals surface area contributed by atoms with Crippen molar-refractivity contribution in [3.8, 4) is 11.5 Å². The van der Waals surface area contributed by atoms with Gasteiger partial charge in [-0.1, -0.05) is 0 Å². The number of hydrogen-bond acceptors (Lipinski definition) is 3. The molecule has 1 aromatic carbocycles. The van der Waals surface area contributed by atoms with Gasteiger partial charge in [-0.3, -0.25) is 4.79 Å². The normalized spacial score (nSPS) is 15.9. The summed E-state index contributed by atoms with van der Waals surface area (Å²) in [7, 11) is 0. The number of Topliss-reactive ketones (excluding diaryl/α,β-unsaturated/α-hetero) is 1. The third-order valence-electron chi connectivity index (χ3n) is 2.19. The fourth-order valence-corrected chi connectivity index (χ4v) is 1.55. The number of carbonyl (C=O) groups is 1. The lowest BCUT2D eigenvalue weighted by Gasteiger charge is -2.18. The van der Waals surface area contributed by atoms with Gasteiger partial charge in [0.15, 0.2) is 17.3 Å². The smallest absolute Gasteiger partial charge is 0.180 e. The van der Waals surface area contributed by atoms with Crippen LogP contribution >= 0.6 is 11.6 Å². The maximum absolute atomic E-state index is 11.6. The van der Waals surface area contributed by atoms with E-state index in [1.54, 1.807) is 25.1 Å². The molecule has 0 amide bonds. The minimum absolute atomic E-state index is 0.103. The maximum atomic E-state index is 11.6. The van der Waals surface area contributed by atoms with E-state index in [1.165, 1.54) is 0 Å². The van der Waals surface area contributed by atoms with Crippen LogP contribution in [0.25, 0.3) is 0 Å². The molecule has 1 aliphatic heterocycles. The number of alkyl halides is 1. The van der Waals surface area contributed by atoms with Crippen molar-refractivity contribution in [3.63, 3.8) is 0 Å². The second-order valence-electron chi connectivity index (χ2n) is 3.34. The van der Waals surface area contributed by atoms with E-state index in [0.29, 0.717) is 30.3 Å². The van der Waals surface area contributed by atoms with Crippen LogP contribution in [-0.2, 0) is 0 Å². The number of carbonyl (C=O) groups excluding carboxylic acids is 1. The Morgan fingerprint density at radius 2 is 2.00 bits per heavy atom. The van der Waals surface area contributed by atoms with Crippen LogP contribution in [0.4, 0.5) is 0 Å². The zero-order valence-electron chi connectivity index (χ0n) is 8.33. The molecule has 0 aliphatic carbocycles. The summed E-state index contributed by atoms with van der Waals surface area (Å²) in [5.74, 6) is 1.19. The molecule has 1 aromatic rings. The van der Waals surface area contributed by atoms with Gasteiger partial charge >= 0.3 is 0 Å². The minimum Gasteiger partial charge on any atom is -0.486 e. The SMILES string of the molecule is C[C@H](Cl)C(=O)c1ccc2c(c1)OCCO2. The highest BCUT2D eigenvalue weighted by Crippen LogP contribution is 2.31. The van der Waals surface area contributed by atoms with Crippen LogP contribution in [0.1, 0.15) is 17.3 Å². The summed E-state index contributed by atoms with van der Waals surface area (Å²) in [6.45, 7) is 2.72. The molecule has 1 aliphatic rings. The van der Waals surface area contributed by atoms with Crippen molar-refractivity contribution < 1.29 is 14.3 Å². The molecule has 0 radical (unpaired) electrons. The van der Waals surface area contributed by atoms with Crippen LogP contribution in [-0.4, -0.2) is 24.4 Å². The van der Waals surface area contributed by atoms with Crippen LogP contribution in [0.2, 0.25) is 0 Å². The molecule has 15 heavy (non-hydrogen) atoms. The molecule has 2 rings (SSSR count). The van der Waals surface area contributed by atoms with Crippen molar-refractivity contribution in [1.29, 1.82) is 0 Å². The molecule has 3 nitrogen and oxygen atoms in total. The Hall–Kier alpha value is -1.22. The average molecular weight is 227 g/mol. The Balaban J connectivity index is 2.32. The first-order valence-corrected chi connectivity index (χ1v) is 5.20. The maximum Gasteiger partial charge on any atom is 0.180 e. The van der Waals surface area contributed by atoms with Gasteiger partial charge < -0.3 is 9.47 Å². The number of hydrogen-bond donors (Lipinski definition) is 0. The zero-order chi connectivity index (χ0) is 10.8. The molecule has 0 saturated heterocycles. The molecule has 0 aromatic heterocycles. The number of ether oxygens (including phenoxy) is 2. The molecule has 0 bridgehead atoms. The Morgan fingerprint density at radius 3 is 2.67 bits per heavy atom. The predicted molar refractivity (Wildman–Crippen MR) is 57.1 cm³/mol. The van der Waals surface area contributed by atoms with Crippen molar-refractivity contribution in [3.05, 3.63) is 23.8 Å². The van der Waals surface area contributed by atoms with E-state index in [9.17, 15) is 4.79 Å². The molecule has 4 heteroatoms. The van der Waals surface area contributed by atoms with Gasteiger partial charge in [0, 0.05) is 5.56 Å². The summed E-state index contributed by atoms with van der Waals surface area (Å²) in [5.41, 5.74) is 0.557. The molecule has 80 valence electrons. The van der Waals surface area contributed by atoms with Crippen molar-refractivity contribution in [1.82, 2.24) is 0 Å². The summed E-state index contributed by atoms with van der Waals surface area (Å²) in [4.78, 5) is 11.6. The number of rotatable bonds is 2. The molecule has 1 atom stereocenters. The molecule has 0 N–H and O–H groups in total. The molecular weight excluding hydrogens is 216 g/mol. The second-order valence-corrected chi connectivity index (χ2v) is 3.99. The first-order valence-electron chi connectivity index (χ1n) is 4.76. The summed E-state index contributed by atoms with van der Waals surface area (Å²) >= 11 is 5.72. The van der Waals surface area contributed by atoms with Crippen molar-refractivity contribution in [2.75, 3.05) is 13.2 Å². The van der Waals surface area contributed by atoms with Crippen LogP contribution in [0.15, 0.2) is 18.2 Å². The lowest BCUT2D eigenvalue weighted by molar-refractivity contribution is 0.0990. The van der Waals surface area contributed by atoms with Crippen molar-refractivity contribution >= 4 is 17.4 Å². The lowest BCUT2D eigenvalue weighted by Crippen LogP contribution is -2.16. The van der Waals surface area contributed by atoms with Gasteiger partial charge in [0.25, 0.3) is 0 Å². The summed E-state index contributed by atoms with van der Waals surface area (Å²) in [6.07, 6.45) is 0. The van der Waals surface area contributed by atoms with Crippen LogP contribution < -0.4 is 9.47 Å². The predicted octanol–water partition coefficient (Wildman–Crippen LogP) is 2.27. The summed E-state index contributed by atoms with van der Waals surface area (Å²) in [6, 6.07) is 5.12. The highest BCUT2D eigenvalue weighted by atomic mass is 35.5. The number of benzene rings is 1. The number of halogens is 1. The van der Waals surface area contributed by atoms with E-state index >= 15 is 0 Å². The highest BCUT2D eigenvalue weighted by Gasteiger charge is 2.17. The van der Waals surface area contributed by atoms with Crippen molar-refractivity contribution in [2.24, 2.45) is 0 Å². The largest absolute Gasteiger partial charge is 0.486 e. The second kappa shape index (κ2) is 4.11. The molecule has 1 heterocycles. The average Bonchev–Trinajstić information content (AvgIpc) is 2.27. The molecular formula is C11H11ClO3. The zero-order valence-corrected chi connectivity index (χ0v) is 9.08. The molecule has 0 unspecified atom stereocenters. The van der Waals surface area contributed by atoms with E-state index in [0.717, 1.165) is 0 Å². The minimum atomic E-state index is -0.521. The van der Waals surface area contributed by atoms with E-state index in [4.69, 9.17) is 21.1 Å². The Bertz CT molecular complexity index is 387. The van der Waals surface area contributed by atoms with E-state index in [-0.39, 0.29) is 5.78 Å². The van der Waals surface area contributed by atoms with Gasteiger partial charge in [0.2, 0.25) is 0 Å². The molecule has 0 fully saturated rings. The Labute approximate surface area is 92.9 Å². The van der Waals surface area contributed by atoms with E-state index < -0.39 is 5.38 Å². The first kappa shape index (κ1) is 10.3. The monoisotopic (exact) mass is 226 g/mol. The van der Waals surface area contributed by atoms with Crippen LogP contribution in [0, 0.1) is 0 Å². The fraction of sp³-hybridized carbons (Fsp3) is 0.364. The topological polar surface area (TPSA) is 35.5 Å². The fourth-order valence-electron chi connectivity index (χ4n) is 1.43. The first-order chi connectivity index (χ1) is 7.18. The van der Waals surface area contributed by atoms with Gasteiger partial charge in [-0.2, -0.15) is 0 Å².